The summed E-state index contributed by atoms with van der Waals surface area (Å²) >= 11 is 5.79. The first kappa shape index (κ1) is 16.5. The van der Waals surface area contributed by atoms with E-state index in [1.807, 2.05) is 20.8 Å². The van der Waals surface area contributed by atoms with E-state index in [-0.39, 0.29) is 16.9 Å². The van der Waals surface area contributed by atoms with Crippen molar-refractivity contribution in [1.29, 1.82) is 0 Å². The molecule has 0 bridgehead atoms. The Balaban J connectivity index is 1.47. The van der Waals surface area contributed by atoms with Crippen molar-refractivity contribution in [3.8, 4) is 0 Å². The third-order valence-corrected chi connectivity index (χ3v) is 4.70. The SMILES string of the molecule is CC(C)(C)OC(=O)N1CC2C(C1)C2NCc1cccc(Cl)c1F. The first-order chi connectivity index (χ1) is 10.8. The Hall–Kier alpha value is -1.33. The molecule has 3 rings (SSSR count). The van der Waals surface area contributed by atoms with Crippen LogP contribution in [-0.2, 0) is 11.3 Å². The van der Waals surface area contributed by atoms with Crippen molar-refractivity contribution in [2.75, 3.05) is 13.1 Å². The van der Waals surface area contributed by atoms with E-state index >= 15 is 0 Å². The minimum Gasteiger partial charge on any atom is -0.444 e. The molecule has 6 heteroatoms. The summed E-state index contributed by atoms with van der Waals surface area (Å²) in [4.78, 5) is 13.8. The number of carbonyl (C=O) groups excluding carboxylic acids is 1. The summed E-state index contributed by atoms with van der Waals surface area (Å²) in [5.74, 6) is 0.511. The Morgan fingerprint density at radius 1 is 1.39 bits per heavy atom. The van der Waals surface area contributed by atoms with Crippen molar-refractivity contribution in [3.63, 3.8) is 0 Å². The quantitative estimate of drug-likeness (QED) is 0.916. The molecule has 1 aliphatic carbocycles. The molecule has 1 aromatic carbocycles. The lowest BCUT2D eigenvalue weighted by atomic mass is 10.2. The molecule has 2 atom stereocenters. The van der Waals surface area contributed by atoms with Crippen molar-refractivity contribution < 1.29 is 13.9 Å². The van der Waals surface area contributed by atoms with E-state index in [0.717, 1.165) is 0 Å². The van der Waals surface area contributed by atoms with E-state index in [1.54, 1.807) is 23.1 Å². The van der Waals surface area contributed by atoms with Gasteiger partial charge in [-0.25, -0.2) is 9.18 Å². The van der Waals surface area contributed by atoms with Gasteiger partial charge in [-0.2, -0.15) is 0 Å². The van der Waals surface area contributed by atoms with Crippen LogP contribution >= 0.6 is 11.6 Å². The zero-order chi connectivity index (χ0) is 16.8. The van der Waals surface area contributed by atoms with Crippen molar-refractivity contribution in [3.05, 3.63) is 34.6 Å². The van der Waals surface area contributed by atoms with Gasteiger partial charge < -0.3 is 15.0 Å². The molecule has 1 saturated heterocycles. The average Bonchev–Trinajstić information content (AvgIpc) is 2.90. The Labute approximate surface area is 140 Å². The van der Waals surface area contributed by atoms with E-state index < -0.39 is 5.60 Å². The molecule has 4 nitrogen and oxygen atoms in total. The minimum absolute atomic E-state index is 0.149. The molecule has 126 valence electrons. The molecule has 1 saturated carbocycles. The molecule has 0 aromatic heterocycles. The fourth-order valence-corrected chi connectivity index (χ4v) is 3.41. The van der Waals surface area contributed by atoms with E-state index in [9.17, 15) is 9.18 Å². The Kier molecular flexibility index (Phi) is 4.27. The number of nitrogens with one attached hydrogen (secondary N) is 1. The molecule has 2 unspecified atom stereocenters. The molecule has 0 radical (unpaired) electrons. The number of benzene rings is 1. The van der Waals surface area contributed by atoms with Gasteiger partial charge in [0, 0.05) is 31.2 Å². The van der Waals surface area contributed by atoms with Crippen LogP contribution in [-0.4, -0.2) is 35.7 Å². The van der Waals surface area contributed by atoms with Crippen LogP contribution in [0, 0.1) is 17.7 Å². The molecular formula is C17H22ClFN2O2. The van der Waals surface area contributed by atoms with E-state index in [4.69, 9.17) is 16.3 Å². The van der Waals surface area contributed by atoms with Gasteiger partial charge in [-0.15, -0.1) is 0 Å². The van der Waals surface area contributed by atoms with Crippen molar-refractivity contribution in [2.24, 2.45) is 11.8 Å². The van der Waals surface area contributed by atoms with Crippen LogP contribution in [0.25, 0.3) is 0 Å². The summed E-state index contributed by atoms with van der Waals surface area (Å²) in [6, 6.07) is 5.37. The molecule has 1 aliphatic heterocycles. The molecule has 1 amide bonds. The summed E-state index contributed by atoms with van der Waals surface area (Å²) in [5, 5.41) is 3.52. The summed E-state index contributed by atoms with van der Waals surface area (Å²) < 4.78 is 19.2. The Morgan fingerprint density at radius 2 is 2.04 bits per heavy atom. The van der Waals surface area contributed by atoms with Gasteiger partial charge >= 0.3 is 6.09 Å². The van der Waals surface area contributed by atoms with Crippen LogP contribution in [0.15, 0.2) is 18.2 Å². The largest absolute Gasteiger partial charge is 0.444 e. The Morgan fingerprint density at radius 3 is 2.65 bits per heavy atom. The summed E-state index contributed by atoms with van der Waals surface area (Å²) in [6.07, 6.45) is -0.246. The van der Waals surface area contributed by atoms with Gasteiger partial charge in [-0.1, -0.05) is 23.7 Å². The predicted molar refractivity (Wildman–Crippen MR) is 86.8 cm³/mol. The smallest absolute Gasteiger partial charge is 0.410 e. The van der Waals surface area contributed by atoms with Crippen molar-refractivity contribution >= 4 is 17.7 Å². The number of fused-ring (bicyclic) bond motifs is 1. The minimum atomic E-state index is -0.467. The topological polar surface area (TPSA) is 41.6 Å². The standard InChI is InChI=1S/C17H22ClFN2O2/c1-17(2,3)23-16(22)21-8-11-12(9-21)15(11)20-7-10-5-4-6-13(18)14(10)19/h4-6,11-12,15,20H,7-9H2,1-3H3. The lowest BCUT2D eigenvalue weighted by Crippen LogP contribution is -2.39. The number of amides is 1. The van der Waals surface area contributed by atoms with Crippen molar-refractivity contribution in [1.82, 2.24) is 10.2 Å². The average molecular weight is 341 g/mol. The zero-order valence-electron chi connectivity index (χ0n) is 13.6. The molecule has 2 fully saturated rings. The second kappa shape index (κ2) is 5.95. The predicted octanol–water partition coefficient (Wildman–Crippen LogP) is 3.43. The number of nitrogens with zero attached hydrogens (tertiary/aromatic N) is 1. The fraction of sp³-hybridized carbons (Fsp3) is 0.588. The third kappa shape index (κ3) is 3.61. The molecule has 0 spiro atoms. The Bertz CT molecular complexity index is 605. The van der Waals surface area contributed by atoms with Gasteiger partial charge in [0.15, 0.2) is 0 Å². The molecule has 23 heavy (non-hydrogen) atoms. The van der Waals surface area contributed by atoms with E-state index in [1.165, 1.54) is 0 Å². The highest BCUT2D eigenvalue weighted by molar-refractivity contribution is 6.30. The maximum absolute atomic E-state index is 13.8. The molecule has 2 aliphatic rings. The highest BCUT2D eigenvalue weighted by atomic mass is 35.5. The summed E-state index contributed by atoms with van der Waals surface area (Å²) in [6.45, 7) is 7.46. The maximum atomic E-state index is 13.8. The number of likely N-dealkylation sites (tertiary alicyclic amines) is 1. The van der Waals surface area contributed by atoms with Gasteiger partial charge in [-0.05, 0) is 38.7 Å². The van der Waals surface area contributed by atoms with E-state index in [2.05, 4.69) is 5.32 Å². The normalized spacial score (nSPS) is 26.1. The number of hydrogen-bond acceptors (Lipinski definition) is 3. The number of halogens is 2. The fourth-order valence-electron chi connectivity index (χ4n) is 3.22. The van der Waals surface area contributed by atoms with Crippen LogP contribution in [0.1, 0.15) is 26.3 Å². The lowest BCUT2D eigenvalue weighted by molar-refractivity contribution is 0.0269. The van der Waals surface area contributed by atoms with Gasteiger partial charge in [0.2, 0.25) is 0 Å². The monoisotopic (exact) mass is 340 g/mol. The van der Waals surface area contributed by atoms with Crippen LogP contribution in [0.2, 0.25) is 5.02 Å². The van der Waals surface area contributed by atoms with E-state index in [0.29, 0.717) is 43.1 Å². The number of piperidine rings is 1. The first-order valence-electron chi connectivity index (χ1n) is 7.90. The summed E-state index contributed by atoms with van der Waals surface area (Å²) in [7, 11) is 0. The van der Waals surface area contributed by atoms with Gasteiger partial charge in [0.05, 0.1) is 5.02 Å². The highest BCUT2D eigenvalue weighted by Gasteiger charge is 2.56. The van der Waals surface area contributed by atoms with Gasteiger partial charge in [-0.3, -0.25) is 0 Å². The second-order valence-corrected chi connectivity index (χ2v) is 7.74. The van der Waals surface area contributed by atoms with Crippen molar-refractivity contribution in [2.45, 2.75) is 39.0 Å². The number of hydrogen-bond donors (Lipinski definition) is 1. The molecular weight excluding hydrogens is 319 g/mol. The molecule has 1 aromatic rings. The summed E-state index contributed by atoms with van der Waals surface area (Å²) in [5.41, 5.74) is 0.109. The van der Waals surface area contributed by atoms with Crippen LogP contribution in [0.4, 0.5) is 9.18 Å². The molecule has 1 heterocycles. The van der Waals surface area contributed by atoms with Gasteiger partial charge in [0.1, 0.15) is 11.4 Å². The second-order valence-electron chi connectivity index (χ2n) is 7.33. The van der Waals surface area contributed by atoms with Crippen LogP contribution in [0.5, 0.6) is 0 Å². The maximum Gasteiger partial charge on any atom is 0.410 e. The van der Waals surface area contributed by atoms with Gasteiger partial charge in [0.25, 0.3) is 0 Å². The third-order valence-electron chi connectivity index (χ3n) is 4.41. The highest BCUT2D eigenvalue weighted by Crippen LogP contribution is 2.46. The van der Waals surface area contributed by atoms with Crippen LogP contribution < -0.4 is 5.32 Å². The number of rotatable bonds is 3. The number of ether oxygens (including phenoxy) is 1. The lowest BCUT2D eigenvalue weighted by Gasteiger charge is -2.26. The molecule has 1 N–H and O–H groups in total. The first-order valence-corrected chi connectivity index (χ1v) is 8.28. The zero-order valence-corrected chi connectivity index (χ0v) is 14.4. The number of carbonyl (C=O) groups is 1. The van der Waals surface area contributed by atoms with Crippen LogP contribution in [0.3, 0.4) is 0 Å².